The van der Waals surface area contributed by atoms with Crippen LogP contribution in [-0.4, -0.2) is 29.3 Å². The third-order valence-electron chi connectivity index (χ3n) is 6.01. The molecule has 2 N–H and O–H groups in total. The predicted molar refractivity (Wildman–Crippen MR) is 126 cm³/mol. The maximum Gasteiger partial charge on any atom is 0.266 e. The molecule has 174 valence electrons. The third-order valence-corrected chi connectivity index (χ3v) is 6.01. The molecule has 2 heterocycles. The molecule has 1 aromatic heterocycles. The lowest BCUT2D eigenvalue weighted by atomic mass is 10.0. The Hall–Kier alpha value is -3.29. The molecule has 0 amide bonds. The molecular formula is C25H28F3N5. The van der Waals surface area contributed by atoms with Gasteiger partial charge in [-0.05, 0) is 37.5 Å². The predicted octanol–water partition coefficient (Wildman–Crippen LogP) is 5.58. The van der Waals surface area contributed by atoms with Crippen LogP contribution in [0, 0.1) is 5.82 Å². The molecule has 5 nitrogen and oxygen atoms in total. The number of allylic oxidation sites excluding steroid dienone is 1. The van der Waals surface area contributed by atoms with Crippen LogP contribution >= 0.6 is 0 Å². The number of halogens is 3. The summed E-state index contributed by atoms with van der Waals surface area (Å²) in [7, 11) is 0. The maximum atomic E-state index is 14.5. The fourth-order valence-electron chi connectivity index (χ4n) is 4.40. The monoisotopic (exact) mass is 455 g/mol. The van der Waals surface area contributed by atoms with E-state index in [9.17, 15) is 13.2 Å². The lowest BCUT2D eigenvalue weighted by Gasteiger charge is -2.23. The summed E-state index contributed by atoms with van der Waals surface area (Å²) < 4.78 is 40.6. The number of nitrogens with zero attached hydrogens (tertiary/aromatic N) is 3. The van der Waals surface area contributed by atoms with E-state index < -0.39 is 17.8 Å². The Bertz CT molecular complexity index is 1160. The first-order valence-corrected chi connectivity index (χ1v) is 11.1. The van der Waals surface area contributed by atoms with Crippen molar-refractivity contribution in [3.05, 3.63) is 71.3 Å². The smallest absolute Gasteiger partial charge is 0.266 e. The molecule has 1 saturated heterocycles. The normalized spacial score (nSPS) is 15.9. The number of hydrogen-bond donors (Lipinski definition) is 2. The Balaban J connectivity index is 1.63. The van der Waals surface area contributed by atoms with E-state index in [1.54, 1.807) is 6.20 Å². The highest BCUT2D eigenvalue weighted by Gasteiger charge is 2.24. The number of nitrogens with one attached hydrogen (secondary N) is 2. The van der Waals surface area contributed by atoms with Crippen molar-refractivity contribution in [2.24, 2.45) is 0 Å². The molecular weight excluding hydrogens is 427 g/mol. The summed E-state index contributed by atoms with van der Waals surface area (Å²) in [6, 6.07) is 8.54. The minimum absolute atomic E-state index is 0.0619. The van der Waals surface area contributed by atoms with Gasteiger partial charge in [0, 0.05) is 48.0 Å². The fourth-order valence-corrected chi connectivity index (χ4v) is 4.40. The van der Waals surface area contributed by atoms with Crippen molar-refractivity contribution in [3.8, 4) is 0 Å². The number of benzene rings is 2. The number of hydrogen-bond acceptors (Lipinski definition) is 5. The summed E-state index contributed by atoms with van der Waals surface area (Å²) in [6.07, 6.45) is 0.605. The van der Waals surface area contributed by atoms with Crippen LogP contribution < -0.4 is 15.5 Å². The Kier molecular flexibility index (Phi) is 6.72. The molecule has 0 spiro atoms. The highest BCUT2D eigenvalue weighted by molar-refractivity contribution is 5.94. The molecule has 3 aromatic rings. The van der Waals surface area contributed by atoms with Gasteiger partial charge in [0.15, 0.2) is 0 Å². The zero-order valence-electron chi connectivity index (χ0n) is 18.8. The summed E-state index contributed by atoms with van der Waals surface area (Å²) in [5.41, 5.74) is 4.28. The summed E-state index contributed by atoms with van der Waals surface area (Å²) >= 11 is 0. The van der Waals surface area contributed by atoms with Crippen LogP contribution in [0.25, 0.3) is 10.9 Å². The maximum absolute atomic E-state index is 14.5. The number of aryl methyl sites for hydroxylation is 1. The van der Waals surface area contributed by atoms with Crippen LogP contribution in [0.1, 0.15) is 43.4 Å². The van der Waals surface area contributed by atoms with E-state index in [0.29, 0.717) is 11.7 Å². The zero-order valence-corrected chi connectivity index (χ0v) is 18.8. The van der Waals surface area contributed by atoms with Crippen LogP contribution in [0.4, 0.5) is 24.5 Å². The van der Waals surface area contributed by atoms with Crippen molar-refractivity contribution in [1.82, 2.24) is 15.5 Å². The molecule has 33 heavy (non-hydrogen) atoms. The van der Waals surface area contributed by atoms with Crippen LogP contribution in [-0.2, 0) is 13.0 Å². The molecule has 1 aliphatic rings. The number of fused-ring (bicyclic) bond motifs is 1. The molecule has 0 radical (unpaired) electrons. The summed E-state index contributed by atoms with van der Waals surface area (Å²) in [4.78, 5) is 2.36. The van der Waals surface area contributed by atoms with E-state index >= 15 is 0 Å². The lowest BCUT2D eigenvalue weighted by molar-refractivity contribution is 0.146. The first kappa shape index (κ1) is 22.9. The van der Waals surface area contributed by atoms with E-state index in [-0.39, 0.29) is 12.1 Å². The Labute approximate surface area is 191 Å². The van der Waals surface area contributed by atoms with Crippen molar-refractivity contribution in [2.75, 3.05) is 23.3 Å². The molecule has 8 heteroatoms. The van der Waals surface area contributed by atoms with Crippen molar-refractivity contribution >= 4 is 22.3 Å². The lowest BCUT2D eigenvalue weighted by Crippen LogP contribution is -2.31. The number of anilines is 2. The second-order valence-corrected chi connectivity index (χ2v) is 8.44. The van der Waals surface area contributed by atoms with Gasteiger partial charge in [-0.1, -0.05) is 31.7 Å². The molecule has 4 rings (SSSR count). The van der Waals surface area contributed by atoms with Gasteiger partial charge in [-0.15, -0.1) is 0 Å². The van der Waals surface area contributed by atoms with Crippen molar-refractivity contribution < 1.29 is 13.2 Å². The topological polar surface area (TPSA) is 53.1 Å². The quantitative estimate of drug-likeness (QED) is 0.464. The first-order valence-electron chi connectivity index (χ1n) is 11.1. The zero-order chi connectivity index (χ0) is 23.5. The van der Waals surface area contributed by atoms with E-state index in [4.69, 9.17) is 0 Å². The average Bonchev–Trinajstić information content (AvgIpc) is 3.24. The van der Waals surface area contributed by atoms with Crippen molar-refractivity contribution in [1.29, 1.82) is 0 Å². The highest BCUT2D eigenvalue weighted by Crippen LogP contribution is 2.33. The van der Waals surface area contributed by atoms with E-state index in [2.05, 4.69) is 45.3 Å². The van der Waals surface area contributed by atoms with Gasteiger partial charge < -0.3 is 15.5 Å². The van der Waals surface area contributed by atoms with Crippen LogP contribution in [0.15, 0.2) is 48.8 Å². The van der Waals surface area contributed by atoms with Gasteiger partial charge >= 0.3 is 0 Å². The molecule has 2 aromatic carbocycles. The van der Waals surface area contributed by atoms with E-state index in [1.807, 2.05) is 13.0 Å². The number of rotatable bonds is 8. The average molecular weight is 456 g/mol. The molecule has 0 bridgehead atoms. The minimum Gasteiger partial charge on any atom is -0.384 e. The Morgan fingerprint density at radius 2 is 2.09 bits per heavy atom. The van der Waals surface area contributed by atoms with Gasteiger partial charge in [0.05, 0.1) is 23.0 Å². The van der Waals surface area contributed by atoms with Gasteiger partial charge in [-0.25, -0.2) is 13.2 Å². The second-order valence-electron chi connectivity index (χ2n) is 8.44. The SMILES string of the molecule is C=C(C)NC1CCN(c2cc3c(NCc4cccc(C(F)F)c4F)cnnc3cc2CC)C1. The standard InChI is InChI=1S/C25H28F3N5/c1-4-16-10-21-20(11-23(16)33-9-8-18(14-33)31-15(2)3)22(13-30-32-21)29-12-17-6-5-7-19(24(17)26)25(27)28/h5-7,10-11,13,18,25,31H,2,4,8-9,12,14H2,1,3H3,(H,29,32). The largest absolute Gasteiger partial charge is 0.384 e. The van der Waals surface area contributed by atoms with Crippen LogP contribution in [0.2, 0.25) is 0 Å². The molecule has 1 atom stereocenters. The summed E-state index contributed by atoms with van der Waals surface area (Å²) in [5, 5.41) is 15.8. The van der Waals surface area contributed by atoms with Crippen molar-refractivity contribution in [3.63, 3.8) is 0 Å². The Morgan fingerprint density at radius 3 is 2.82 bits per heavy atom. The summed E-state index contributed by atoms with van der Waals surface area (Å²) in [6.45, 7) is 9.88. The fraction of sp³-hybridized carbons (Fsp3) is 0.360. The van der Waals surface area contributed by atoms with E-state index in [1.165, 1.54) is 17.7 Å². The molecule has 0 saturated carbocycles. The molecule has 1 aliphatic heterocycles. The van der Waals surface area contributed by atoms with E-state index in [0.717, 1.165) is 54.3 Å². The van der Waals surface area contributed by atoms with Gasteiger partial charge in [-0.2, -0.15) is 10.2 Å². The van der Waals surface area contributed by atoms with Crippen LogP contribution in [0.5, 0.6) is 0 Å². The first-order chi connectivity index (χ1) is 15.9. The van der Waals surface area contributed by atoms with Gasteiger partial charge in [0.25, 0.3) is 6.43 Å². The van der Waals surface area contributed by atoms with Crippen LogP contribution in [0.3, 0.4) is 0 Å². The third kappa shape index (κ3) is 4.89. The molecule has 1 fully saturated rings. The number of aromatic nitrogens is 2. The van der Waals surface area contributed by atoms with Gasteiger partial charge in [0.2, 0.25) is 0 Å². The summed E-state index contributed by atoms with van der Waals surface area (Å²) in [5.74, 6) is -0.881. The van der Waals surface area contributed by atoms with Gasteiger partial charge in [-0.3, -0.25) is 0 Å². The Morgan fingerprint density at radius 1 is 1.27 bits per heavy atom. The molecule has 0 aliphatic carbocycles. The number of alkyl halides is 2. The van der Waals surface area contributed by atoms with Gasteiger partial charge in [0.1, 0.15) is 5.82 Å². The van der Waals surface area contributed by atoms with Crippen molar-refractivity contribution in [2.45, 2.75) is 45.7 Å². The second kappa shape index (κ2) is 9.68. The minimum atomic E-state index is -2.85. The molecule has 1 unspecified atom stereocenters. The highest BCUT2D eigenvalue weighted by atomic mass is 19.3.